The number of cyclic esters (lactones) is 1. The molecule has 1 heterocycles. The molecule has 0 saturated carbocycles. The van der Waals surface area contributed by atoms with Crippen LogP contribution in [0, 0.1) is 0 Å². The highest BCUT2D eigenvalue weighted by atomic mass is 16.6. The van der Waals surface area contributed by atoms with Gasteiger partial charge in [-0.1, -0.05) is 36.4 Å². The average Bonchev–Trinajstić information content (AvgIpc) is 3.10. The van der Waals surface area contributed by atoms with E-state index in [4.69, 9.17) is 14.2 Å². The van der Waals surface area contributed by atoms with Gasteiger partial charge in [-0.15, -0.1) is 0 Å². The third-order valence-electron chi connectivity index (χ3n) is 4.26. The zero-order valence-corrected chi connectivity index (χ0v) is 18.6. The van der Waals surface area contributed by atoms with Crippen molar-refractivity contribution in [2.45, 2.75) is 51.9 Å². The maximum atomic E-state index is 12.4. The highest BCUT2D eigenvalue weighted by Crippen LogP contribution is 2.19. The second kappa shape index (κ2) is 11.2. The van der Waals surface area contributed by atoms with Gasteiger partial charge in [0.1, 0.15) is 23.9 Å². The largest absolute Gasteiger partial charge is 0.464 e. The van der Waals surface area contributed by atoms with Crippen LogP contribution in [0.15, 0.2) is 42.1 Å². The average molecular weight is 448 g/mol. The van der Waals surface area contributed by atoms with E-state index in [0.717, 1.165) is 5.56 Å². The minimum atomic E-state index is -0.880. The summed E-state index contributed by atoms with van der Waals surface area (Å²) >= 11 is 0. The van der Waals surface area contributed by atoms with Crippen molar-refractivity contribution in [3.8, 4) is 0 Å². The molecule has 0 aliphatic carbocycles. The summed E-state index contributed by atoms with van der Waals surface area (Å²) in [5.74, 6) is -1.35. The number of methoxy groups -OCH3 is 1. The molecule has 1 unspecified atom stereocenters. The first-order valence-electron chi connectivity index (χ1n) is 10.0. The molecule has 1 aliphatic rings. The number of nitrogens with one attached hydrogen (secondary N) is 1. The SMILES string of the molecule is COC(=O)/C(=C/CCC1C(=O)OCN1C(=O)OCc1ccccc1)NC(=O)OC(C)(C)C. The molecule has 1 atom stereocenters. The van der Waals surface area contributed by atoms with Crippen LogP contribution in [0.5, 0.6) is 0 Å². The quantitative estimate of drug-likeness (QED) is 0.384. The van der Waals surface area contributed by atoms with Crippen LogP contribution < -0.4 is 5.32 Å². The molecule has 1 aromatic rings. The molecule has 0 spiro atoms. The van der Waals surface area contributed by atoms with E-state index >= 15 is 0 Å². The number of allylic oxidation sites excluding steroid dienone is 1. The van der Waals surface area contributed by atoms with Gasteiger partial charge in [0, 0.05) is 0 Å². The van der Waals surface area contributed by atoms with E-state index < -0.39 is 35.8 Å². The lowest BCUT2D eigenvalue weighted by Gasteiger charge is -2.20. The Morgan fingerprint density at radius 2 is 1.91 bits per heavy atom. The van der Waals surface area contributed by atoms with Crippen molar-refractivity contribution in [2.75, 3.05) is 13.8 Å². The lowest BCUT2D eigenvalue weighted by Crippen LogP contribution is -2.38. The molecule has 174 valence electrons. The van der Waals surface area contributed by atoms with E-state index in [1.807, 2.05) is 30.3 Å². The van der Waals surface area contributed by atoms with E-state index in [2.05, 4.69) is 10.1 Å². The Morgan fingerprint density at radius 1 is 1.22 bits per heavy atom. The van der Waals surface area contributed by atoms with E-state index in [0.29, 0.717) is 0 Å². The number of nitrogens with zero attached hydrogens (tertiary/aromatic N) is 1. The first-order valence-corrected chi connectivity index (χ1v) is 10.0. The number of amides is 2. The summed E-state index contributed by atoms with van der Waals surface area (Å²) in [6, 6.07) is 8.24. The zero-order chi connectivity index (χ0) is 23.7. The predicted octanol–water partition coefficient (Wildman–Crippen LogP) is 2.87. The Balaban J connectivity index is 1.97. The maximum absolute atomic E-state index is 12.4. The molecule has 0 bridgehead atoms. The molecular formula is C22H28N2O8. The molecule has 10 nitrogen and oxygen atoms in total. The number of esters is 2. The molecule has 1 aromatic carbocycles. The number of alkyl carbamates (subject to hydrolysis) is 1. The molecule has 32 heavy (non-hydrogen) atoms. The Bertz CT molecular complexity index is 860. The second-order valence-corrected chi connectivity index (χ2v) is 7.93. The van der Waals surface area contributed by atoms with E-state index in [-0.39, 0.29) is 31.9 Å². The van der Waals surface area contributed by atoms with Gasteiger partial charge >= 0.3 is 24.1 Å². The summed E-state index contributed by atoms with van der Waals surface area (Å²) in [7, 11) is 1.17. The number of benzene rings is 1. The molecule has 1 fully saturated rings. The van der Waals surface area contributed by atoms with E-state index in [9.17, 15) is 19.2 Å². The minimum Gasteiger partial charge on any atom is -0.464 e. The standard InChI is InChI=1S/C22H28N2O8/c1-22(2,3)32-20(27)23-16(18(25)29-4)11-8-12-17-19(26)31-14-24(17)21(28)30-13-15-9-6-5-7-10-15/h5-7,9-11,17H,8,12-14H2,1-4H3,(H,23,27)/b16-11-. The van der Waals surface area contributed by atoms with Crippen LogP contribution in [-0.2, 0) is 35.1 Å². The summed E-state index contributed by atoms with van der Waals surface area (Å²) in [6.45, 7) is 4.89. The Morgan fingerprint density at radius 3 is 2.53 bits per heavy atom. The summed E-state index contributed by atoms with van der Waals surface area (Å²) in [4.78, 5) is 49.6. The fourth-order valence-electron chi connectivity index (χ4n) is 2.80. The van der Waals surface area contributed by atoms with Crippen molar-refractivity contribution in [3.05, 3.63) is 47.7 Å². The monoisotopic (exact) mass is 448 g/mol. The fourth-order valence-corrected chi connectivity index (χ4v) is 2.80. The molecule has 0 aromatic heterocycles. The Kier molecular flexibility index (Phi) is 8.62. The van der Waals surface area contributed by atoms with Crippen molar-refractivity contribution in [3.63, 3.8) is 0 Å². The van der Waals surface area contributed by atoms with Gasteiger partial charge < -0.3 is 18.9 Å². The van der Waals surface area contributed by atoms with Crippen molar-refractivity contribution >= 4 is 24.1 Å². The van der Waals surface area contributed by atoms with Crippen molar-refractivity contribution in [2.24, 2.45) is 0 Å². The van der Waals surface area contributed by atoms with Gasteiger partial charge in [-0.3, -0.25) is 10.2 Å². The lowest BCUT2D eigenvalue weighted by atomic mass is 10.1. The van der Waals surface area contributed by atoms with Crippen LogP contribution in [-0.4, -0.2) is 54.5 Å². The van der Waals surface area contributed by atoms with Gasteiger partial charge in [0.05, 0.1) is 7.11 Å². The van der Waals surface area contributed by atoms with Crippen LogP contribution in [0.2, 0.25) is 0 Å². The molecule has 0 radical (unpaired) electrons. The van der Waals surface area contributed by atoms with Crippen LogP contribution >= 0.6 is 0 Å². The normalized spacial score (nSPS) is 16.2. The molecular weight excluding hydrogens is 420 g/mol. The molecule has 2 amide bonds. The van der Waals surface area contributed by atoms with Crippen LogP contribution in [0.4, 0.5) is 9.59 Å². The zero-order valence-electron chi connectivity index (χ0n) is 18.6. The number of carbonyl (C=O) groups excluding carboxylic acids is 4. The molecule has 10 heteroatoms. The predicted molar refractivity (Wildman–Crippen MR) is 112 cm³/mol. The van der Waals surface area contributed by atoms with Crippen molar-refractivity contribution in [1.82, 2.24) is 10.2 Å². The first-order chi connectivity index (χ1) is 15.1. The minimum absolute atomic E-state index is 0.0588. The van der Waals surface area contributed by atoms with E-state index in [1.54, 1.807) is 20.8 Å². The highest BCUT2D eigenvalue weighted by molar-refractivity contribution is 5.92. The summed E-state index contributed by atoms with van der Waals surface area (Å²) in [6.07, 6.45) is 0.210. The third-order valence-corrected chi connectivity index (χ3v) is 4.26. The maximum Gasteiger partial charge on any atom is 0.413 e. The van der Waals surface area contributed by atoms with Gasteiger partial charge in [-0.05, 0) is 39.2 Å². The number of hydrogen-bond acceptors (Lipinski definition) is 8. The summed E-state index contributed by atoms with van der Waals surface area (Å²) < 4.78 is 20.0. The third kappa shape index (κ3) is 7.60. The summed E-state index contributed by atoms with van der Waals surface area (Å²) in [5, 5.41) is 2.34. The topological polar surface area (TPSA) is 120 Å². The number of ether oxygens (including phenoxy) is 4. The van der Waals surface area contributed by atoms with Gasteiger partial charge in [-0.2, -0.15) is 0 Å². The fraction of sp³-hybridized carbons (Fsp3) is 0.455. The number of hydrogen-bond donors (Lipinski definition) is 1. The molecule has 1 aliphatic heterocycles. The van der Waals surface area contributed by atoms with Crippen LogP contribution in [0.3, 0.4) is 0 Å². The van der Waals surface area contributed by atoms with Crippen molar-refractivity contribution in [1.29, 1.82) is 0 Å². The number of rotatable bonds is 7. The first kappa shape index (κ1) is 24.7. The van der Waals surface area contributed by atoms with E-state index in [1.165, 1.54) is 18.1 Å². The highest BCUT2D eigenvalue weighted by Gasteiger charge is 2.38. The Hall–Kier alpha value is -3.56. The van der Waals surface area contributed by atoms with Gasteiger partial charge in [0.25, 0.3) is 0 Å². The van der Waals surface area contributed by atoms with Gasteiger partial charge in [0.15, 0.2) is 6.73 Å². The number of carbonyl (C=O) groups is 4. The smallest absolute Gasteiger partial charge is 0.413 e. The second-order valence-electron chi connectivity index (χ2n) is 7.93. The molecule has 1 N–H and O–H groups in total. The van der Waals surface area contributed by atoms with Crippen molar-refractivity contribution < 1.29 is 38.1 Å². The van der Waals surface area contributed by atoms with Crippen LogP contribution in [0.1, 0.15) is 39.2 Å². The Labute approximate surface area is 186 Å². The molecule has 2 rings (SSSR count). The van der Waals surface area contributed by atoms with Crippen LogP contribution in [0.25, 0.3) is 0 Å². The molecule has 1 saturated heterocycles. The van der Waals surface area contributed by atoms with Gasteiger partial charge in [-0.25, -0.2) is 19.2 Å². The lowest BCUT2D eigenvalue weighted by molar-refractivity contribution is -0.139. The summed E-state index contributed by atoms with van der Waals surface area (Å²) in [5.41, 5.74) is -0.0754. The van der Waals surface area contributed by atoms with Gasteiger partial charge in [0.2, 0.25) is 0 Å².